The van der Waals surface area contributed by atoms with Crippen LogP contribution in [0.1, 0.15) is 10.5 Å². The van der Waals surface area contributed by atoms with Crippen molar-refractivity contribution in [3.05, 3.63) is 89.9 Å². The van der Waals surface area contributed by atoms with E-state index in [-0.39, 0.29) is 16.6 Å². The van der Waals surface area contributed by atoms with E-state index >= 15 is 0 Å². The monoisotopic (exact) mass is 474 g/mol. The van der Waals surface area contributed by atoms with Crippen molar-refractivity contribution in [1.82, 2.24) is 15.0 Å². The van der Waals surface area contributed by atoms with Crippen LogP contribution in [0.2, 0.25) is 5.02 Å². The van der Waals surface area contributed by atoms with Crippen LogP contribution in [0.5, 0.6) is 0 Å². The molecule has 5 aromatic rings. The summed E-state index contributed by atoms with van der Waals surface area (Å²) < 4.78 is 19.3. The molecule has 0 radical (unpaired) electrons. The Balaban J connectivity index is 1.50. The molecule has 4 aromatic heterocycles. The lowest BCUT2D eigenvalue weighted by Gasteiger charge is -2.07. The molecule has 0 fully saturated rings. The molecular weight excluding hydrogens is 459 g/mol. The number of carbonyl (C=O) groups excluding carboxylic acids is 1. The maximum atomic E-state index is 13.5. The molecule has 0 spiro atoms. The van der Waals surface area contributed by atoms with Crippen molar-refractivity contribution in [3.8, 4) is 11.3 Å². The number of hydrogen-bond acceptors (Lipinski definition) is 7. The van der Waals surface area contributed by atoms with Gasteiger partial charge in [-0.25, -0.2) is 4.39 Å². The largest absolute Gasteiger partial charge is 0.436 e. The summed E-state index contributed by atoms with van der Waals surface area (Å²) in [5, 5.41) is 6.50. The molecular formula is C24H16ClFN6O2. The van der Waals surface area contributed by atoms with Gasteiger partial charge in [0.15, 0.2) is 5.58 Å². The molecule has 168 valence electrons. The van der Waals surface area contributed by atoms with Crippen LogP contribution in [0, 0.1) is 5.82 Å². The Bertz CT molecular complexity index is 1520. The van der Waals surface area contributed by atoms with Gasteiger partial charge in [0.1, 0.15) is 22.9 Å². The number of nitrogens with zero attached hydrogens (tertiary/aromatic N) is 3. The molecule has 4 N–H and O–H groups in total. The van der Waals surface area contributed by atoms with Crippen molar-refractivity contribution in [2.75, 3.05) is 16.4 Å². The van der Waals surface area contributed by atoms with Gasteiger partial charge in [-0.3, -0.25) is 19.7 Å². The van der Waals surface area contributed by atoms with Gasteiger partial charge < -0.3 is 20.8 Å². The van der Waals surface area contributed by atoms with E-state index in [4.69, 9.17) is 21.8 Å². The first-order chi connectivity index (χ1) is 16.5. The van der Waals surface area contributed by atoms with E-state index in [9.17, 15) is 9.18 Å². The lowest BCUT2D eigenvalue weighted by atomic mass is 10.1. The van der Waals surface area contributed by atoms with Gasteiger partial charge in [-0.05, 0) is 48.5 Å². The second-order valence-electron chi connectivity index (χ2n) is 7.26. The van der Waals surface area contributed by atoms with E-state index in [2.05, 4.69) is 25.6 Å². The van der Waals surface area contributed by atoms with Crippen LogP contribution in [0.3, 0.4) is 0 Å². The molecule has 0 saturated heterocycles. The quantitative estimate of drug-likeness (QED) is 0.301. The number of pyridine rings is 3. The Hall–Kier alpha value is -4.50. The highest BCUT2D eigenvalue weighted by atomic mass is 35.5. The lowest BCUT2D eigenvalue weighted by molar-refractivity contribution is 0.102. The summed E-state index contributed by atoms with van der Waals surface area (Å²) in [5.74, 6) is -0.797. The summed E-state index contributed by atoms with van der Waals surface area (Å²) in [6.07, 6.45) is 6.27. The Morgan fingerprint density at radius 2 is 1.88 bits per heavy atom. The molecule has 0 aliphatic carbocycles. The molecule has 0 bridgehead atoms. The zero-order chi connectivity index (χ0) is 23.7. The smallest absolute Gasteiger partial charge is 0.274 e. The highest BCUT2D eigenvalue weighted by Gasteiger charge is 2.19. The Labute approximate surface area is 197 Å². The number of rotatable bonds is 5. The van der Waals surface area contributed by atoms with E-state index in [1.165, 1.54) is 24.4 Å². The highest BCUT2D eigenvalue weighted by Crippen LogP contribution is 2.39. The van der Waals surface area contributed by atoms with Gasteiger partial charge in [-0.2, -0.15) is 0 Å². The van der Waals surface area contributed by atoms with Crippen molar-refractivity contribution in [1.29, 1.82) is 0 Å². The predicted molar refractivity (Wildman–Crippen MR) is 129 cm³/mol. The minimum atomic E-state index is -0.523. The van der Waals surface area contributed by atoms with Crippen LogP contribution in [0.15, 0.2) is 77.7 Å². The van der Waals surface area contributed by atoms with Crippen molar-refractivity contribution < 1.29 is 13.6 Å². The standard InChI is InChI=1S/C24H16ClFN6O2/c25-17-11-14(3-4-18(17)26)31-21-16-6-9-30-20(22(16)34-23(21)27)13-5-8-29-19(10-13)24(33)32-15-2-1-7-28-12-15/h1-12,31H,27H2,(H,32,33). The highest BCUT2D eigenvalue weighted by molar-refractivity contribution is 6.31. The van der Waals surface area contributed by atoms with E-state index in [1.54, 1.807) is 48.9 Å². The number of fused-ring (bicyclic) bond motifs is 1. The van der Waals surface area contributed by atoms with E-state index in [1.807, 2.05) is 0 Å². The molecule has 0 aliphatic rings. The normalized spacial score (nSPS) is 10.9. The summed E-state index contributed by atoms with van der Waals surface area (Å²) in [6, 6.07) is 12.8. The third kappa shape index (κ3) is 4.12. The molecule has 0 atom stereocenters. The van der Waals surface area contributed by atoms with Crippen molar-refractivity contribution >= 4 is 51.4 Å². The van der Waals surface area contributed by atoms with E-state index in [0.29, 0.717) is 39.3 Å². The number of nitrogens with two attached hydrogens (primary N) is 1. The van der Waals surface area contributed by atoms with Gasteiger partial charge in [-0.15, -0.1) is 0 Å². The fraction of sp³-hybridized carbons (Fsp3) is 0. The minimum absolute atomic E-state index is 0.0207. The molecule has 0 aliphatic heterocycles. The number of carbonyl (C=O) groups is 1. The maximum Gasteiger partial charge on any atom is 0.274 e. The zero-order valence-corrected chi connectivity index (χ0v) is 18.2. The van der Waals surface area contributed by atoms with Crippen molar-refractivity contribution in [3.63, 3.8) is 0 Å². The molecule has 5 rings (SSSR count). The molecule has 34 heavy (non-hydrogen) atoms. The lowest BCUT2D eigenvalue weighted by Crippen LogP contribution is -2.13. The molecule has 0 unspecified atom stereocenters. The zero-order valence-electron chi connectivity index (χ0n) is 17.4. The number of furan rings is 1. The first-order valence-electron chi connectivity index (χ1n) is 10.1. The summed E-state index contributed by atoms with van der Waals surface area (Å²) in [5.41, 5.74) is 9.42. The second kappa shape index (κ2) is 8.80. The molecule has 1 amide bonds. The maximum absolute atomic E-state index is 13.5. The average Bonchev–Trinajstić information content (AvgIpc) is 3.17. The Morgan fingerprint density at radius 1 is 1.03 bits per heavy atom. The second-order valence-corrected chi connectivity index (χ2v) is 7.66. The topological polar surface area (TPSA) is 119 Å². The fourth-order valence-corrected chi connectivity index (χ4v) is 3.61. The summed E-state index contributed by atoms with van der Waals surface area (Å²) >= 11 is 5.89. The van der Waals surface area contributed by atoms with Crippen LogP contribution in [0.4, 0.5) is 27.3 Å². The number of nitrogens with one attached hydrogen (secondary N) is 2. The molecule has 4 heterocycles. The van der Waals surface area contributed by atoms with Gasteiger partial charge >= 0.3 is 0 Å². The SMILES string of the molecule is Nc1oc2c(-c3ccnc(C(=O)Nc4cccnc4)c3)nccc2c1Nc1ccc(F)c(Cl)c1. The number of benzene rings is 1. The van der Waals surface area contributed by atoms with Crippen molar-refractivity contribution in [2.45, 2.75) is 0 Å². The average molecular weight is 475 g/mol. The number of nitrogen functional groups attached to an aromatic ring is 1. The van der Waals surface area contributed by atoms with Gasteiger partial charge in [0, 0.05) is 29.8 Å². The summed E-state index contributed by atoms with van der Waals surface area (Å²) in [4.78, 5) is 25.2. The van der Waals surface area contributed by atoms with Gasteiger partial charge in [-0.1, -0.05) is 11.6 Å². The molecule has 1 aromatic carbocycles. The summed E-state index contributed by atoms with van der Waals surface area (Å²) in [7, 11) is 0. The minimum Gasteiger partial charge on any atom is -0.436 e. The van der Waals surface area contributed by atoms with Crippen LogP contribution in [-0.4, -0.2) is 20.9 Å². The van der Waals surface area contributed by atoms with Gasteiger partial charge in [0.05, 0.1) is 22.3 Å². The Morgan fingerprint density at radius 3 is 2.68 bits per heavy atom. The van der Waals surface area contributed by atoms with Crippen LogP contribution in [0.25, 0.3) is 22.2 Å². The predicted octanol–water partition coefficient (Wildman–Crippen LogP) is 5.66. The Kier molecular flexibility index (Phi) is 5.52. The fourth-order valence-electron chi connectivity index (χ4n) is 3.43. The first kappa shape index (κ1) is 21.4. The van der Waals surface area contributed by atoms with Crippen LogP contribution >= 0.6 is 11.6 Å². The summed E-state index contributed by atoms with van der Waals surface area (Å²) in [6.45, 7) is 0. The number of halogens is 2. The van der Waals surface area contributed by atoms with E-state index in [0.717, 1.165) is 0 Å². The van der Waals surface area contributed by atoms with Gasteiger partial charge in [0.25, 0.3) is 5.91 Å². The third-order valence-corrected chi connectivity index (χ3v) is 5.30. The number of amides is 1. The third-order valence-electron chi connectivity index (χ3n) is 5.01. The number of aromatic nitrogens is 3. The first-order valence-corrected chi connectivity index (χ1v) is 10.4. The molecule has 0 saturated carbocycles. The van der Waals surface area contributed by atoms with Gasteiger partial charge in [0.2, 0.25) is 5.88 Å². The molecule has 8 nitrogen and oxygen atoms in total. The van der Waals surface area contributed by atoms with E-state index < -0.39 is 11.7 Å². The molecule has 10 heteroatoms. The van der Waals surface area contributed by atoms with Crippen LogP contribution in [-0.2, 0) is 0 Å². The number of hydrogen-bond donors (Lipinski definition) is 3. The number of anilines is 4. The van der Waals surface area contributed by atoms with Crippen LogP contribution < -0.4 is 16.4 Å². The van der Waals surface area contributed by atoms with Crippen molar-refractivity contribution in [2.24, 2.45) is 0 Å².